The number of methoxy groups -OCH3 is 1. The van der Waals surface area contributed by atoms with Crippen molar-refractivity contribution >= 4 is 0 Å². The highest BCUT2D eigenvalue weighted by Crippen LogP contribution is 2.52. The minimum Gasteiger partial charge on any atom is -0.497 e. The first-order valence-corrected chi connectivity index (χ1v) is 8.29. The number of halogens is 1. The Bertz CT molecular complexity index is 490. The molecule has 1 aromatic rings. The standard InChI is InChI=1S/C18H26FNO/c1-3-8-20-18(16-10-12-4-5-13(16)9-12)15-7-6-14(21-2)11-17(15)19/h6-7,11-13,16,18,20H,3-5,8-10H2,1-2H3. The second-order valence-electron chi connectivity index (χ2n) is 6.66. The zero-order valence-electron chi connectivity index (χ0n) is 13.1. The molecule has 3 heteroatoms. The summed E-state index contributed by atoms with van der Waals surface area (Å²) in [5.74, 6) is 2.72. The Morgan fingerprint density at radius 2 is 2.19 bits per heavy atom. The maximum atomic E-state index is 14.5. The highest BCUT2D eigenvalue weighted by atomic mass is 19.1. The first-order valence-electron chi connectivity index (χ1n) is 8.29. The molecule has 21 heavy (non-hydrogen) atoms. The smallest absolute Gasteiger partial charge is 0.131 e. The lowest BCUT2D eigenvalue weighted by Crippen LogP contribution is -2.32. The number of hydrogen-bond acceptors (Lipinski definition) is 2. The summed E-state index contributed by atoms with van der Waals surface area (Å²) in [6.45, 7) is 3.11. The molecule has 4 atom stereocenters. The average Bonchev–Trinajstić information content (AvgIpc) is 3.11. The lowest BCUT2D eigenvalue weighted by atomic mass is 9.80. The first-order chi connectivity index (χ1) is 10.2. The third-order valence-electron chi connectivity index (χ3n) is 5.38. The highest BCUT2D eigenvalue weighted by Gasteiger charge is 2.43. The molecule has 1 aromatic carbocycles. The van der Waals surface area contributed by atoms with Gasteiger partial charge in [-0.1, -0.05) is 19.4 Å². The molecule has 0 saturated heterocycles. The van der Waals surface area contributed by atoms with Crippen LogP contribution in [0.25, 0.3) is 0 Å². The van der Waals surface area contributed by atoms with Gasteiger partial charge in [0.15, 0.2) is 0 Å². The largest absolute Gasteiger partial charge is 0.497 e. The van der Waals surface area contributed by atoms with Gasteiger partial charge in [-0.15, -0.1) is 0 Å². The fraction of sp³-hybridized carbons (Fsp3) is 0.667. The normalized spacial score (nSPS) is 28.8. The molecule has 4 unspecified atom stereocenters. The van der Waals surface area contributed by atoms with Crippen LogP contribution in [0.3, 0.4) is 0 Å². The number of hydrogen-bond donors (Lipinski definition) is 1. The van der Waals surface area contributed by atoms with Crippen LogP contribution in [0.5, 0.6) is 5.75 Å². The van der Waals surface area contributed by atoms with Gasteiger partial charge in [0.05, 0.1) is 7.11 Å². The van der Waals surface area contributed by atoms with E-state index in [1.165, 1.54) is 31.7 Å². The Kier molecular flexibility index (Phi) is 4.48. The Hall–Kier alpha value is -1.09. The van der Waals surface area contributed by atoms with Gasteiger partial charge in [0.1, 0.15) is 11.6 Å². The quantitative estimate of drug-likeness (QED) is 0.843. The van der Waals surface area contributed by atoms with Crippen molar-refractivity contribution in [3.05, 3.63) is 29.6 Å². The van der Waals surface area contributed by atoms with E-state index in [1.807, 2.05) is 12.1 Å². The van der Waals surface area contributed by atoms with Crippen molar-refractivity contribution in [2.24, 2.45) is 17.8 Å². The Morgan fingerprint density at radius 3 is 2.76 bits per heavy atom. The van der Waals surface area contributed by atoms with Gasteiger partial charge in [-0.2, -0.15) is 0 Å². The second kappa shape index (κ2) is 6.35. The van der Waals surface area contributed by atoms with Gasteiger partial charge in [-0.3, -0.25) is 0 Å². The van der Waals surface area contributed by atoms with Crippen LogP contribution in [0.2, 0.25) is 0 Å². The van der Waals surface area contributed by atoms with E-state index in [-0.39, 0.29) is 11.9 Å². The summed E-state index contributed by atoms with van der Waals surface area (Å²) in [5.41, 5.74) is 0.821. The summed E-state index contributed by atoms with van der Waals surface area (Å²) in [4.78, 5) is 0. The lowest BCUT2D eigenvalue weighted by molar-refractivity contribution is 0.246. The summed E-state index contributed by atoms with van der Waals surface area (Å²) in [5, 5.41) is 3.61. The van der Waals surface area contributed by atoms with Gasteiger partial charge in [0.2, 0.25) is 0 Å². The van der Waals surface area contributed by atoms with E-state index in [0.717, 1.165) is 30.4 Å². The van der Waals surface area contributed by atoms with E-state index < -0.39 is 0 Å². The van der Waals surface area contributed by atoms with Crippen molar-refractivity contribution in [1.82, 2.24) is 5.32 Å². The van der Waals surface area contributed by atoms with Crippen molar-refractivity contribution < 1.29 is 9.13 Å². The van der Waals surface area contributed by atoms with E-state index in [9.17, 15) is 4.39 Å². The van der Waals surface area contributed by atoms with Gasteiger partial charge in [0.25, 0.3) is 0 Å². The molecule has 116 valence electrons. The molecule has 2 fully saturated rings. The van der Waals surface area contributed by atoms with E-state index in [1.54, 1.807) is 7.11 Å². The second-order valence-corrected chi connectivity index (χ2v) is 6.66. The van der Waals surface area contributed by atoms with Crippen molar-refractivity contribution in [3.63, 3.8) is 0 Å². The summed E-state index contributed by atoms with van der Waals surface area (Å²) in [6.07, 6.45) is 6.41. The van der Waals surface area contributed by atoms with Crippen molar-refractivity contribution in [2.45, 2.75) is 45.1 Å². The molecule has 0 amide bonds. The summed E-state index contributed by atoms with van der Waals surface area (Å²) in [6, 6.07) is 5.47. The highest BCUT2D eigenvalue weighted by molar-refractivity contribution is 5.31. The number of fused-ring (bicyclic) bond motifs is 2. The molecular weight excluding hydrogens is 265 g/mol. The molecule has 2 saturated carbocycles. The first kappa shape index (κ1) is 14.8. The van der Waals surface area contributed by atoms with Gasteiger partial charge < -0.3 is 10.1 Å². The maximum Gasteiger partial charge on any atom is 0.131 e. The monoisotopic (exact) mass is 291 g/mol. The SMILES string of the molecule is CCCNC(c1ccc(OC)cc1F)C1CC2CCC1C2. The van der Waals surface area contributed by atoms with Gasteiger partial charge >= 0.3 is 0 Å². The third kappa shape index (κ3) is 2.94. The number of ether oxygens (including phenoxy) is 1. The van der Waals surface area contributed by atoms with Crippen LogP contribution in [-0.4, -0.2) is 13.7 Å². The summed E-state index contributed by atoms with van der Waals surface area (Å²) < 4.78 is 19.6. The van der Waals surface area contributed by atoms with Crippen molar-refractivity contribution in [1.29, 1.82) is 0 Å². The topological polar surface area (TPSA) is 21.3 Å². The maximum absolute atomic E-state index is 14.5. The Morgan fingerprint density at radius 1 is 1.33 bits per heavy atom. The molecule has 3 rings (SSSR count). The van der Waals surface area contributed by atoms with Gasteiger partial charge in [0, 0.05) is 17.7 Å². The fourth-order valence-corrected chi connectivity index (χ4v) is 4.38. The van der Waals surface area contributed by atoms with Crippen molar-refractivity contribution in [3.8, 4) is 5.75 Å². The molecule has 2 bridgehead atoms. The molecule has 2 nitrogen and oxygen atoms in total. The zero-order chi connectivity index (χ0) is 14.8. The minimum absolute atomic E-state index is 0.134. The number of rotatable bonds is 6. The zero-order valence-corrected chi connectivity index (χ0v) is 13.1. The van der Waals surface area contributed by atoms with E-state index in [4.69, 9.17) is 4.74 Å². The van der Waals surface area contributed by atoms with Gasteiger partial charge in [-0.05, 0) is 56.0 Å². The van der Waals surface area contributed by atoms with Crippen LogP contribution < -0.4 is 10.1 Å². The number of benzene rings is 1. The van der Waals surface area contributed by atoms with Crippen LogP contribution in [-0.2, 0) is 0 Å². The Balaban J connectivity index is 1.85. The average molecular weight is 291 g/mol. The van der Waals surface area contributed by atoms with Crippen LogP contribution in [0.4, 0.5) is 4.39 Å². The lowest BCUT2D eigenvalue weighted by Gasteiger charge is -2.32. The predicted molar refractivity (Wildman–Crippen MR) is 82.9 cm³/mol. The molecule has 2 aliphatic carbocycles. The minimum atomic E-state index is -0.134. The van der Waals surface area contributed by atoms with E-state index in [2.05, 4.69) is 12.2 Å². The molecule has 0 aromatic heterocycles. The van der Waals surface area contributed by atoms with Crippen LogP contribution >= 0.6 is 0 Å². The van der Waals surface area contributed by atoms with Crippen molar-refractivity contribution in [2.75, 3.05) is 13.7 Å². The molecule has 1 N–H and O–H groups in total. The molecule has 0 spiro atoms. The van der Waals surface area contributed by atoms with Crippen LogP contribution in [0.15, 0.2) is 18.2 Å². The molecule has 0 aliphatic heterocycles. The fourth-order valence-electron chi connectivity index (χ4n) is 4.38. The molecule has 0 heterocycles. The summed E-state index contributed by atoms with van der Waals surface area (Å²) in [7, 11) is 1.58. The third-order valence-corrected chi connectivity index (χ3v) is 5.38. The molecule has 0 radical (unpaired) electrons. The predicted octanol–water partition coefficient (Wildman–Crippen LogP) is 4.31. The van der Waals surface area contributed by atoms with Gasteiger partial charge in [-0.25, -0.2) is 4.39 Å². The van der Waals surface area contributed by atoms with E-state index >= 15 is 0 Å². The number of nitrogens with one attached hydrogen (secondary N) is 1. The van der Waals surface area contributed by atoms with Crippen LogP contribution in [0, 0.1) is 23.6 Å². The Labute approximate surface area is 127 Å². The summed E-state index contributed by atoms with van der Waals surface area (Å²) >= 11 is 0. The van der Waals surface area contributed by atoms with Crippen LogP contribution in [0.1, 0.15) is 50.6 Å². The molecule has 2 aliphatic rings. The molecular formula is C18H26FNO. The van der Waals surface area contributed by atoms with E-state index in [0.29, 0.717) is 11.7 Å².